The Balaban J connectivity index is 2.04. The first-order valence-corrected chi connectivity index (χ1v) is 6.60. The maximum absolute atomic E-state index is 11.1. The lowest BCUT2D eigenvalue weighted by molar-refractivity contribution is -0.142. The molecule has 1 N–H and O–H groups in total. The molecule has 0 heterocycles. The summed E-state index contributed by atoms with van der Waals surface area (Å²) in [4.78, 5) is 12.3. The van der Waals surface area contributed by atoms with Crippen LogP contribution in [0.25, 0.3) is 0 Å². The second-order valence-electron chi connectivity index (χ2n) is 4.20. The van der Waals surface area contributed by atoms with E-state index in [0.29, 0.717) is 0 Å². The van der Waals surface area contributed by atoms with Crippen LogP contribution in [0.5, 0.6) is 0 Å². The average molecular weight is 236 g/mol. The molecule has 2 unspecified atom stereocenters. The molecule has 0 radical (unpaired) electrons. The van der Waals surface area contributed by atoms with Gasteiger partial charge in [-0.25, -0.2) is 0 Å². The van der Waals surface area contributed by atoms with E-state index in [2.05, 4.69) is 12.1 Å². The van der Waals surface area contributed by atoms with E-state index in [-0.39, 0.29) is 11.2 Å². The quantitative estimate of drug-likeness (QED) is 0.873. The number of rotatable bonds is 3. The van der Waals surface area contributed by atoms with Gasteiger partial charge in [-0.1, -0.05) is 31.0 Å². The Kier molecular flexibility index (Phi) is 3.88. The smallest absolute Gasteiger partial charge is 0.307 e. The fourth-order valence-corrected chi connectivity index (χ4v) is 3.56. The van der Waals surface area contributed by atoms with Crippen molar-refractivity contribution in [1.82, 2.24) is 0 Å². The summed E-state index contributed by atoms with van der Waals surface area (Å²) in [7, 11) is 0. The van der Waals surface area contributed by atoms with Crippen LogP contribution in [0, 0.1) is 5.92 Å². The zero-order chi connectivity index (χ0) is 11.4. The van der Waals surface area contributed by atoms with Crippen molar-refractivity contribution in [1.29, 1.82) is 0 Å². The molecule has 1 saturated carbocycles. The first-order chi connectivity index (χ1) is 7.77. The number of benzene rings is 1. The van der Waals surface area contributed by atoms with E-state index < -0.39 is 5.97 Å². The van der Waals surface area contributed by atoms with Crippen LogP contribution in [0.2, 0.25) is 0 Å². The summed E-state index contributed by atoms with van der Waals surface area (Å²) in [6, 6.07) is 10.1. The molecule has 0 amide bonds. The number of thioether (sulfide) groups is 1. The minimum Gasteiger partial charge on any atom is -0.481 e. The summed E-state index contributed by atoms with van der Waals surface area (Å²) < 4.78 is 0. The summed E-state index contributed by atoms with van der Waals surface area (Å²) in [5.41, 5.74) is 0. The van der Waals surface area contributed by atoms with Crippen molar-refractivity contribution in [2.24, 2.45) is 5.92 Å². The molecule has 0 aromatic heterocycles. The second kappa shape index (κ2) is 5.39. The summed E-state index contributed by atoms with van der Waals surface area (Å²) in [6.45, 7) is 0. The molecule has 2 rings (SSSR count). The third-order valence-electron chi connectivity index (χ3n) is 3.05. The van der Waals surface area contributed by atoms with Crippen molar-refractivity contribution in [3.8, 4) is 0 Å². The van der Waals surface area contributed by atoms with E-state index in [1.807, 2.05) is 18.2 Å². The number of carbonyl (C=O) groups is 1. The van der Waals surface area contributed by atoms with Crippen molar-refractivity contribution in [2.45, 2.75) is 35.8 Å². The fourth-order valence-electron chi connectivity index (χ4n) is 2.19. The van der Waals surface area contributed by atoms with Gasteiger partial charge in [-0.15, -0.1) is 11.8 Å². The predicted molar refractivity (Wildman–Crippen MR) is 65.7 cm³/mol. The molecular weight excluding hydrogens is 220 g/mol. The number of carboxylic acids is 1. The van der Waals surface area contributed by atoms with Gasteiger partial charge >= 0.3 is 5.97 Å². The van der Waals surface area contributed by atoms with Gasteiger partial charge in [0.2, 0.25) is 0 Å². The van der Waals surface area contributed by atoms with Gasteiger partial charge in [0.15, 0.2) is 0 Å². The van der Waals surface area contributed by atoms with Crippen molar-refractivity contribution in [2.75, 3.05) is 0 Å². The molecular formula is C13H16O2S. The monoisotopic (exact) mass is 236 g/mol. The van der Waals surface area contributed by atoms with Crippen molar-refractivity contribution in [3.63, 3.8) is 0 Å². The average Bonchev–Trinajstić information content (AvgIpc) is 2.31. The van der Waals surface area contributed by atoms with E-state index in [1.165, 1.54) is 4.90 Å². The SMILES string of the molecule is O=C(O)C1CCCCC1Sc1ccccc1. The Morgan fingerprint density at radius 2 is 1.88 bits per heavy atom. The molecule has 0 spiro atoms. The summed E-state index contributed by atoms with van der Waals surface area (Å²) in [5, 5.41) is 9.42. The highest BCUT2D eigenvalue weighted by atomic mass is 32.2. The predicted octanol–water partition coefficient (Wildman–Crippen LogP) is 3.42. The van der Waals surface area contributed by atoms with E-state index in [0.717, 1.165) is 25.7 Å². The molecule has 86 valence electrons. The van der Waals surface area contributed by atoms with Crippen LogP contribution in [-0.2, 0) is 4.79 Å². The summed E-state index contributed by atoms with van der Waals surface area (Å²) in [5.74, 6) is -0.799. The topological polar surface area (TPSA) is 37.3 Å². The second-order valence-corrected chi connectivity index (χ2v) is 5.51. The molecule has 1 fully saturated rings. The normalized spacial score (nSPS) is 25.2. The molecule has 0 bridgehead atoms. The lowest BCUT2D eigenvalue weighted by Gasteiger charge is -2.27. The highest BCUT2D eigenvalue weighted by molar-refractivity contribution is 8.00. The van der Waals surface area contributed by atoms with Crippen molar-refractivity contribution in [3.05, 3.63) is 30.3 Å². The van der Waals surface area contributed by atoms with Crippen LogP contribution in [-0.4, -0.2) is 16.3 Å². The van der Waals surface area contributed by atoms with Crippen LogP contribution in [0.3, 0.4) is 0 Å². The van der Waals surface area contributed by atoms with Crippen LogP contribution in [0.4, 0.5) is 0 Å². The molecule has 16 heavy (non-hydrogen) atoms. The zero-order valence-electron chi connectivity index (χ0n) is 9.13. The molecule has 1 aromatic rings. The standard InChI is InChI=1S/C13H16O2S/c14-13(15)11-8-4-5-9-12(11)16-10-6-2-1-3-7-10/h1-3,6-7,11-12H,4-5,8-9H2,(H,14,15). The highest BCUT2D eigenvalue weighted by Crippen LogP contribution is 2.37. The molecule has 2 nitrogen and oxygen atoms in total. The van der Waals surface area contributed by atoms with E-state index >= 15 is 0 Å². The Morgan fingerprint density at radius 3 is 2.56 bits per heavy atom. The van der Waals surface area contributed by atoms with E-state index in [4.69, 9.17) is 0 Å². The molecule has 1 aliphatic carbocycles. The number of hydrogen-bond donors (Lipinski definition) is 1. The van der Waals surface area contributed by atoms with Gasteiger partial charge in [0.25, 0.3) is 0 Å². The lowest BCUT2D eigenvalue weighted by atomic mass is 9.89. The van der Waals surface area contributed by atoms with Gasteiger partial charge in [-0.2, -0.15) is 0 Å². The minimum absolute atomic E-state index is 0.168. The highest BCUT2D eigenvalue weighted by Gasteiger charge is 2.31. The summed E-state index contributed by atoms with van der Waals surface area (Å²) in [6.07, 6.45) is 4.08. The number of carboxylic acid groups (broad SMARTS) is 1. The van der Waals surface area contributed by atoms with Crippen LogP contribution >= 0.6 is 11.8 Å². The largest absolute Gasteiger partial charge is 0.481 e. The Labute approximate surface area is 100 Å². The van der Waals surface area contributed by atoms with Gasteiger partial charge in [-0.05, 0) is 25.0 Å². The van der Waals surface area contributed by atoms with Crippen LogP contribution in [0.15, 0.2) is 35.2 Å². The fraction of sp³-hybridized carbons (Fsp3) is 0.462. The number of aliphatic carboxylic acids is 1. The molecule has 3 heteroatoms. The van der Waals surface area contributed by atoms with Crippen molar-refractivity contribution >= 4 is 17.7 Å². The van der Waals surface area contributed by atoms with Gasteiger partial charge in [0, 0.05) is 10.1 Å². The maximum atomic E-state index is 11.1. The van der Waals surface area contributed by atoms with Gasteiger partial charge < -0.3 is 5.11 Å². The third kappa shape index (κ3) is 2.79. The molecule has 1 aromatic carbocycles. The number of hydrogen-bond acceptors (Lipinski definition) is 2. The minimum atomic E-state index is -0.631. The molecule has 0 aliphatic heterocycles. The third-order valence-corrected chi connectivity index (χ3v) is 4.46. The molecule has 1 aliphatic rings. The lowest BCUT2D eigenvalue weighted by Crippen LogP contribution is -2.28. The van der Waals surface area contributed by atoms with E-state index in [1.54, 1.807) is 11.8 Å². The van der Waals surface area contributed by atoms with E-state index in [9.17, 15) is 9.90 Å². The maximum Gasteiger partial charge on any atom is 0.307 e. The first kappa shape index (κ1) is 11.5. The Bertz CT molecular complexity index is 350. The summed E-state index contributed by atoms with van der Waals surface area (Å²) >= 11 is 1.72. The van der Waals surface area contributed by atoms with Crippen molar-refractivity contribution < 1.29 is 9.90 Å². The first-order valence-electron chi connectivity index (χ1n) is 5.72. The van der Waals surface area contributed by atoms with Gasteiger partial charge in [-0.3, -0.25) is 4.79 Å². The zero-order valence-corrected chi connectivity index (χ0v) is 9.95. The van der Waals surface area contributed by atoms with Gasteiger partial charge in [0.1, 0.15) is 0 Å². The van der Waals surface area contributed by atoms with Crippen LogP contribution < -0.4 is 0 Å². The molecule has 0 saturated heterocycles. The Hall–Kier alpha value is -0.960. The van der Waals surface area contributed by atoms with Gasteiger partial charge in [0.05, 0.1) is 5.92 Å². The Morgan fingerprint density at radius 1 is 1.19 bits per heavy atom. The van der Waals surface area contributed by atoms with Crippen LogP contribution in [0.1, 0.15) is 25.7 Å². The molecule has 2 atom stereocenters.